The third-order valence-corrected chi connectivity index (χ3v) is 10.5. The Morgan fingerprint density at radius 2 is 1.73 bits per heavy atom. The number of hydrogen-bond acceptors (Lipinski definition) is 22. The van der Waals surface area contributed by atoms with Gasteiger partial charge in [-0.15, -0.1) is 0 Å². The summed E-state index contributed by atoms with van der Waals surface area (Å²) in [6.45, 7) is 1.17. The van der Waals surface area contributed by atoms with Crippen LogP contribution in [0.5, 0.6) is 0 Å². The fraction of sp³-hybridized carbons (Fsp3) is 0.652. The van der Waals surface area contributed by atoms with E-state index in [1.54, 1.807) is 0 Å². The van der Waals surface area contributed by atoms with Crippen molar-refractivity contribution in [3.05, 3.63) is 12.7 Å². The molecule has 7 atom stereocenters. The number of carbonyl (C=O) groups excluding carboxylic acids is 3. The van der Waals surface area contributed by atoms with Crippen LogP contribution < -0.4 is 75.7 Å². The monoisotopic (exact) mass is 826 g/mol. The first-order valence-electron chi connectivity index (χ1n) is 14.4. The minimum Gasteiger partial charge on any atom is -0.847 e. The molecule has 3 heterocycles. The zero-order chi connectivity index (χ0) is 38.4. The average molecular weight is 827 g/mol. The number of imidazole rings is 1. The van der Waals surface area contributed by atoms with Crippen molar-refractivity contribution >= 4 is 69.1 Å². The van der Waals surface area contributed by atoms with E-state index in [9.17, 15) is 57.9 Å². The van der Waals surface area contributed by atoms with Crippen LogP contribution in [0, 0.1) is 5.41 Å². The number of anilines is 1. The Bertz CT molecular complexity index is 1720. The molecule has 2 amide bonds. The van der Waals surface area contributed by atoms with E-state index in [-0.39, 0.29) is 71.2 Å². The Labute approximate surface area is 321 Å². The number of thioether (sulfide) groups is 1. The van der Waals surface area contributed by atoms with Crippen LogP contribution in [-0.4, -0.2) is 92.9 Å². The molecule has 0 radical (unpaired) electrons. The van der Waals surface area contributed by atoms with Gasteiger partial charge in [-0.1, -0.05) is 25.6 Å². The van der Waals surface area contributed by atoms with Crippen LogP contribution >= 0.6 is 35.2 Å². The molecule has 7 unspecified atom stereocenters. The molecule has 3 rings (SSSR count). The third kappa shape index (κ3) is 14.0. The van der Waals surface area contributed by atoms with E-state index in [1.807, 2.05) is 0 Å². The molecule has 1 saturated heterocycles. The van der Waals surface area contributed by atoms with Crippen molar-refractivity contribution in [3.63, 3.8) is 0 Å². The molecule has 1 aliphatic heterocycles. The molecule has 4 N–H and O–H groups in total. The molecule has 52 heavy (non-hydrogen) atoms. The summed E-state index contributed by atoms with van der Waals surface area (Å²) < 4.78 is 59.8. The van der Waals surface area contributed by atoms with Crippen LogP contribution in [0.4, 0.5) is 5.82 Å². The van der Waals surface area contributed by atoms with E-state index in [0.717, 1.165) is 42.8 Å². The molecule has 0 aliphatic carbocycles. The number of ether oxygens (including phenoxy) is 1. The van der Waals surface area contributed by atoms with Gasteiger partial charge in [0.05, 0.1) is 33.5 Å². The first kappa shape index (κ1) is 46.7. The topological polar surface area (TPSA) is 381 Å². The number of rotatable bonds is 19. The second-order valence-electron chi connectivity index (χ2n) is 11.3. The summed E-state index contributed by atoms with van der Waals surface area (Å²) in [5.41, 5.74) is 3.85. The molecule has 1 fully saturated rings. The van der Waals surface area contributed by atoms with Gasteiger partial charge in [-0.05, 0) is 17.6 Å². The molecule has 0 aromatic carbocycles. The Balaban J connectivity index is 0.00000936. The van der Waals surface area contributed by atoms with Crippen LogP contribution in [-0.2, 0) is 50.7 Å². The molecule has 0 spiro atoms. The number of amides is 2. The summed E-state index contributed by atoms with van der Waals surface area (Å²) in [6, 6.07) is 0. The second kappa shape index (κ2) is 19.4. The first-order valence-corrected chi connectivity index (χ1v) is 19.8. The van der Waals surface area contributed by atoms with Gasteiger partial charge in [0.2, 0.25) is 11.8 Å². The van der Waals surface area contributed by atoms with Gasteiger partial charge in [0.1, 0.15) is 24.2 Å². The molecule has 2 aromatic heterocycles. The van der Waals surface area contributed by atoms with Crippen LogP contribution in [0.3, 0.4) is 0 Å². The van der Waals surface area contributed by atoms with Gasteiger partial charge in [-0.25, -0.2) is 19.3 Å². The third-order valence-electron chi connectivity index (χ3n) is 6.72. The number of hydrogen-bond donors (Lipinski definition) is 3. The van der Waals surface area contributed by atoms with Gasteiger partial charge in [-0.2, -0.15) is 0 Å². The van der Waals surface area contributed by atoms with Crippen molar-refractivity contribution in [1.29, 1.82) is 0 Å². The van der Waals surface area contributed by atoms with Crippen molar-refractivity contribution < 1.29 is 110 Å². The number of carbonyl (C=O) groups is 3. The average Bonchev–Trinajstić information content (AvgIpc) is 3.57. The fourth-order valence-electron chi connectivity index (χ4n) is 4.27. The van der Waals surface area contributed by atoms with E-state index >= 15 is 0 Å². The molecule has 2 aromatic rings. The summed E-state index contributed by atoms with van der Waals surface area (Å²) in [5.74, 6) is -1.37. The number of phosphoric ester groups is 3. The maximum absolute atomic E-state index is 13.1. The molecular weight excluding hydrogens is 794 g/mol. The SMILES string of the molecule is CC(=O)SCCNC(=O)CCNC(=O)C([O-])C(C)(C)COP(=O)([O-])OP(=O)([O-])OCC1OC(n2cnc3c(N)ncnc32)C([O-])C1OP(=O)([O-])[O-].[Na+]. The van der Waals surface area contributed by atoms with Gasteiger partial charge in [0, 0.05) is 32.2 Å². The number of phosphoric acid groups is 3. The van der Waals surface area contributed by atoms with Crippen molar-refractivity contribution in [2.45, 2.75) is 57.8 Å². The molecule has 29 heteroatoms. The Morgan fingerprint density at radius 3 is 2.37 bits per heavy atom. The zero-order valence-electron chi connectivity index (χ0n) is 27.8. The number of fused-ring (bicyclic) bond motifs is 1. The smallest absolute Gasteiger partial charge is 0.847 e. The maximum Gasteiger partial charge on any atom is 1.00 e. The molecule has 0 bridgehead atoms. The Hall–Kier alpha value is -1.44. The van der Waals surface area contributed by atoms with Crippen LogP contribution in [0.1, 0.15) is 33.4 Å². The van der Waals surface area contributed by atoms with E-state index in [1.165, 1.54) is 6.92 Å². The standard InChI is InChI=1S/C23H36N7O17P3S.Na/c1-12(31)51-7-6-25-14(32)4-5-26-21(35)18(34)23(2,3)9-44-50(41,42)47-49(39,40)43-8-13-17(46-48(36,37)38)16(33)22(45-13)30-11-29-15-19(24)27-10-28-20(15)30;/h10-11,13,16-18,22H,4-9H2,1-3H3,(H,25,32)(H,26,35)(H,39,40)(H,41,42)(H2,24,27,28)(H2,36,37,38);/q-2;+1/p-4. The summed E-state index contributed by atoms with van der Waals surface area (Å²) >= 11 is 1.00. The molecular formula is C23H32N7NaO17P3S-5. The summed E-state index contributed by atoms with van der Waals surface area (Å²) in [5, 5.41) is 30.4. The van der Waals surface area contributed by atoms with E-state index in [2.05, 4.69) is 43.5 Å². The summed E-state index contributed by atoms with van der Waals surface area (Å²) in [4.78, 5) is 94.0. The van der Waals surface area contributed by atoms with E-state index in [4.69, 9.17) is 10.5 Å². The molecule has 1 aliphatic rings. The Kier molecular flexibility index (Phi) is 17.5. The Morgan fingerprint density at radius 1 is 1.08 bits per heavy atom. The maximum atomic E-state index is 13.1. The quantitative estimate of drug-likeness (QED) is 0.0672. The summed E-state index contributed by atoms with van der Waals surface area (Å²) in [6.07, 6.45) is -8.47. The van der Waals surface area contributed by atoms with Gasteiger partial charge in [-0.3, -0.25) is 28.1 Å². The van der Waals surface area contributed by atoms with Gasteiger partial charge < -0.3 is 69.0 Å². The van der Waals surface area contributed by atoms with E-state index < -0.39 is 84.6 Å². The van der Waals surface area contributed by atoms with Gasteiger partial charge >= 0.3 is 29.6 Å². The number of aromatic nitrogens is 4. The van der Waals surface area contributed by atoms with Gasteiger partial charge in [0.25, 0.3) is 15.6 Å². The van der Waals surface area contributed by atoms with Crippen LogP contribution in [0.15, 0.2) is 12.7 Å². The number of nitrogens with two attached hydrogens (primary N) is 1. The van der Waals surface area contributed by atoms with Crippen LogP contribution in [0.25, 0.3) is 11.2 Å². The minimum absolute atomic E-state index is 0. The van der Waals surface area contributed by atoms with Crippen molar-refractivity contribution in [2.75, 3.05) is 37.8 Å². The predicted molar refractivity (Wildman–Crippen MR) is 159 cm³/mol. The minimum atomic E-state index is -5.94. The number of nitrogens with one attached hydrogen (secondary N) is 2. The zero-order valence-corrected chi connectivity index (χ0v) is 33.3. The first-order chi connectivity index (χ1) is 23.5. The fourth-order valence-corrected chi connectivity index (χ4v) is 7.50. The molecule has 0 saturated carbocycles. The van der Waals surface area contributed by atoms with Crippen molar-refractivity contribution in [3.8, 4) is 0 Å². The van der Waals surface area contributed by atoms with E-state index in [0.29, 0.717) is 5.75 Å². The van der Waals surface area contributed by atoms with Crippen molar-refractivity contribution in [1.82, 2.24) is 30.2 Å². The second-order valence-corrected chi connectivity index (χ2v) is 16.6. The number of nitrogen functional groups attached to an aromatic ring is 1. The number of nitrogens with zero attached hydrogens (tertiary/aromatic N) is 4. The van der Waals surface area contributed by atoms with Gasteiger partial charge in [0.15, 0.2) is 16.6 Å². The predicted octanol–water partition coefficient (Wildman–Crippen LogP) is -8.10. The molecule has 24 nitrogen and oxygen atoms in total. The normalized spacial score (nSPS) is 22.2. The van der Waals surface area contributed by atoms with Crippen molar-refractivity contribution in [2.24, 2.45) is 5.41 Å². The largest absolute Gasteiger partial charge is 1.00 e. The molecule has 288 valence electrons. The van der Waals surface area contributed by atoms with Crippen LogP contribution in [0.2, 0.25) is 0 Å². The summed E-state index contributed by atoms with van der Waals surface area (Å²) in [7, 11) is -17.7.